The molecule has 4 heteroatoms. The van der Waals surface area contributed by atoms with Crippen LogP contribution in [-0.4, -0.2) is 59.7 Å². The van der Waals surface area contributed by atoms with E-state index >= 15 is 0 Å². The summed E-state index contributed by atoms with van der Waals surface area (Å²) < 4.78 is 5.62. The van der Waals surface area contributed by atoms with Gasteiger partial charge < -0.3 is 14.9 Å². The molecule has 180 valence electrons. The fourth-order valence-corrected chi connectivity index (χ4v) is 7.34. The van der Waals surface area contributed by atoms with Crippen molar-refractivity contribution in [2.45, 2.75) is 90.4 Å². The average molecular weight is 444 g/mol. The molecule has 7 atom stereocenters. The molecular formula is C28H45NO3. The van der Waals surface area contributed by atoms with Crippen LogP contribution in [0.3, 0.4) is 0 Å². The molecule has 0 spiro atoms. The summed E-state index contributed by atoms with van der Waals surface area (Å²) in [7, 11) is 0. The highest BCUT2D eigenvalue weighted by molar-refractivity contribution is 5.38. The molecule has 4 fully saturated rings. The highest BCUT2D eigenvalue weighted by atomic mass is 16.5. The molecule has 32 heavy (non-hydrogen) atoms. The van der Waals surface area contributed by atoms with Gasteiger partial charge >= 0.3 is 0 Å². The minimum atomic E-state index is -0.606. The van der Waals surface area contributed by atoms with E-state index in [0.717, 1.165) is 42.7 Å². The van der Waals surface area contributed by atoms with Crippen molar-refractivity contribution in [3.63, 3.8) is 0 Å². The van der Waals surface area contributed by atoms with Gasteiger partial charge in [0.05, 0.1) is 25.4 Å². The molecule has 0 aromatic rings. The summed E-state index contributed by atoms with van der Waals surface area (Å²) in [5.41, 5.74) is 3.81. The van der Waals surface area contributed by atoms with E-state index < -0.39 is 12.2 Å². The Morgan fingerprint density at radius 3 is 2.88 bits per heavy atom. The fourth-order valence-electron chi connectivity index (χ4n) is 7.34. The monoisotopic (exact) mass is 443 g/mol. The van der Waals surface area contributed by atoms with Crippen LogP contribution in [-0.2, 0) is 4.74 Å². The van der Waals surface area contributed by atoms with Crippen molar-refractivity contribution in [3.05, 3.63) is 35.5 Å². The van der Waals surface area contributed by atoms with Crippen molar-refractivity contribution in [3.8, 4) is 0 Å². The third-order valence-electron chi connectivity index (χ3n) is 9.37. The van der Waals surface area contributed by atoms with E-state index in [4.69, 9.17) is 4.74 Å². The van der Waals surface area contributed by atoms with Gasteiger partial charge in [0.25, 0.3) is 0 Å². The minimum Gasteiger partial charge on any atom is -0.393 e. The lowest BCUT2D eigenvalue weighted by Gasteiger charge is -2.45. The summed E-state index contributed by atoms with van der Waals surface area (Å²) >= 11 is 0. The third-order valence-corrected chi connectivity index (χ3v) is 9.37. The summed E-state index contributed by atoms with van der Waals surface area (Å²) in [4.78, 5) is 2.62. The SMILES string of the molecule is C=C1/C(=C\C=C2/CCC[C@]3(C)[C@@H]([C@H](C)CCN4CCOC[C@H]4C)CC[C@@H]23)C[C@@H](O)C[C@@H]1O. The minimum absolute atomic E-state index is 0.404. The first-order chi connectivity index (χ1) is 15.3. The second-order valence-corrected chi connectivity index (χ2v) is 11.4. The molecule has 3 saturated carbocycles. The summed E-state index contributed by atoms with van der Waals surface area (Å²) in [6.45, 7) is 15.5. The number of fused-ring (bicyclic) bond motifs is 1. The van der Waals surface area contributed by atoms with E-state index in [0.29, 0.717) is 30.2 Å². The molecule has 1 saturated heterocycles. The number of allylic oxidation sites excluding steroid dienone is 3. The van der Waals surface area contributed by atoms with Gasteiger partial charge in [-0.3, -0.25) is 4.90 Å². The van der Waals surface area contributed by atoms with Gasteiger partial charge in [-0.05, 0) is 92.7 Å². The van der Waals surface area contributed by atoms with Crippen molar-refractivity contribution in [2.24, 2.45) is 23.2 Å². The number of hydrogen-bond donors (Lipinski definition) is 2. The molecule has 0 unspecified atom stereocenters. The number of rotatable bonds is 5. The highest BCUT2D eigenvalue weighted by Gasteiger charge is 2.50. The van der Waals surface area contributed by atoms with Gasteiger partial charge in [0.15, 0.2) is 0 Å². The maximum atomic E-state index is 10.2. The van der Waals surface area contributed by atoms with Crippen LogP contribution in [0.1, 0.15) is 72.1 Å². The molecular weight excluding hydrogens is 398 g/mol. The number of aliphatic hydroxyl groups is 2. The molecule has 0 aromatic heterocycles. The Morgan fingerprint density at radius 1 is 1.28 bits per heavy atom. The number of nitrogens with zero attached hydrogens (tertiary/aromatic N) is 1. The highest BCUT2D eigenvalue weighted by Crippen LogP contribution is 2.59. The van der Waals surface area contributed by atoms with E-state index in [9.17, 15) is 10.2 Å². The van der Waals surface area contributed by atoms with Crippen LogP contribution in [0.2, 0.25) is 0 Å². The lowest BCUT2D eigenvalue weighted by Crippen LogP contribution is -2.45. The van der Waals surface area contributed by atoms with Crippen LogP contribution in [0, 0.1) is 23.2 Å². The van der Waals surface area contributed by atoms with Gasteiger partial charge in [0, 0.05) is 19.0 Å². The van der Waals surface area contributed by atoms with Crippen molar-refractivity contribution < 1.29 is 14.9 Å². The topological polar surface area (TPSA) is 52.9 Å². The lowest BCUT2D eigenvalue weighted by molar-refractivity contribution is -0.00570. The van der Waals surface area contributed by atoms with Gasteiger partial charge in [0.1, 0.15) is 0 Å². The molecule has 0 amide bonds. The van der Waals surface area contributed by atoms with Gasteiger partial charge in [-0.1, -0.05) is 38.2 Å². The van der Waals surface area contributed by atoms with Gasteiger partial charge in [-0.15, -0.1) is 0 Å². The molecule has 0 radical (unpaired) electrons. The predicted octanol–water partition coefficient (Wildman–Crippen LogP) is 4.87. The Morgan fingerprint density at radius 2 is 2.09 bits per heavy atom. The zero-order chi connectivity index (χ0) is 22.9. The van der Waals surface area contributed by atoms with Crippen LogP contribution in [0.15, 0.2) is 35.5 Å². The van der Waals surface area contributed by atoms with Gasteiger partial charge in [-0.2, -0.15) is 0 Å². The number of morpholine rings is 1. The average Bonchev–Trinajstić information content (AvgIpc) is 3.12. The number of aliphatic hydroxyl groups excluding tert-OH is 2. The molecule has 1 heterocycles. The molecule has 2 N–H and O–H groups in total. The second-order valence-electron chi connectivity index (χ2n) is 11.4. The van der Waals surface area contributed by atoms with E-state index in [1.807, 2.05) is 0 Å². The van der Waals surface area contributed by atoms with Gasteiger partial charge in [-0.25, -0.2) is 0 Å². The second kappa shape index (κ2) is 10.1. The Kier molecular flexibility index (Phi) is 7.66. The summed E-state index contributed by atoms with van der Waals surface area (Å²) in [6, 6.07) is 0.548. The fraction of sp³-hybridized carbons (Fsp3) is 0.786. The van der Waals surface area contributed by atoms with Crippen LogP contribution in [0.4, 0.5) is 0 Å². The summed E-state index contributed by atoms with van der Waals surface area (Å²) in [5.74, 6) is 2.23. The first-order valence-corrected chi connectivity index (χ1v) is 13.1. The normalized spacial score (nSPS) is 42.4. The maximum Gasteiger partial charge on any atom is 0.0811 e. The van der Waals surface area contributed by atoms with Crippen molar-refractivity contribution in [1.82, 2.24) is 4.90 Å². The molecule has 4 rings (SSSR count). The third kappa shape index (κ3) is 4.94. The zero-order valence-corrected chi connectivity index (χ0v) is 20.6. The molecule has 4 nitrogen and oxygen atoms in total. The Labute approximate surface area is 195 Å². The number of ether oxygens (including phenoxy) is 1. The van der Waals surface area contributed by atoms with Crippen LogP contribution < -0.4 is 0 Å². The van der Waals surface area contributed by atoms with Crippen LogP contribution in [0.5, 0.6) is 0 Å². The van der Waals surface area contributed by atoms with Crippen LogP contribution >= 0.6 is 0 Å². The molecule has 0 bridgehead atoms. The number of hydrogen-bond acceptors (Lipinski definition) is 4. The largest absolute Gasteiger partial charge is 0.393 e. The Hall–Kier alpha value is -0.940. The summed E-state index contributed by atoms with van der Waals surface area (Å²) in [6.07, 6.45) is 12.2. The van der Waals surface area contributed by atoms with E-state index in [-0.39, 0.29) is 0 Å². The van der Waals surface area contributed by atoms with Crippen molar-refractivity contribution >= 4 is 0 Å². The van der Waals surface area contributed by atoms with Crippen molar-refractivity contribution in [1.29, 1.82) is 0 Å². The first kappa shape index (κ1) is 24.2. The van der Waals surface area contributed by atoms with Gasteiger partial charge in [0.2, 0.25) is 0 Å². The van der Waals surface area contributed by atoms with E-state index in [1.54, 1.807) is 5.57 Å². The maximum absolute atomic E-state index is 10.2. The van der Waals surface area contributed by atoms with Crippen LogP contribution in [0.25, 0.3) is 0 Å². The predicted molar refractivity (Wildman–Crippen MR) is 130 cm³/mol. The molecule has 1 aliphatic heterocycles. The van der Waals surface area contributed by atoms with E-state index in [1.165, 1.54) is 45.1 Å². The molecule has 3 aliphatic carbocycles. The molecule has 4 aliphatic rings. The zero-order valence-electron chi connectivity index (χ0n) is 20.6. The Bertz CT molecular complexity index is 743. The smallest absolute Gasteiger partial charge is 0.0811 e. The van der Waals surface area contributed by atoms with E-state index in [2.05, 4.69) is 44.4 Å². The van der Waals surface area contributed by atoms with Crippen molar-refractivity contribution in [2.75, 3.05) is 26.3 Å². The first-order valence-electron chi connectivity index (χ1n) is 13.1. The molecule has 0 aromatic carbocycles. The lowest BCUT2D eigenvalue weighted by atomic mass is 9.61. The Balaban J connectivity index is 1.43. The standard InChI is InChI=1S/C28H45NO3/c1-19(11-13-29-14-15-32-18-20(29)2)25-9-10-26-22(6-5-12-28(25,26)4)7-8-23-16-24(30)17-27(31)21(23)3/h7-8,19-20,24-27,30-31H,3,5-6,9-18H2,1-2,4H3/b22-7+,23-8-/t19-,20-,24-,25-,26+,27+,28-/m1/s1. The quantitative estimate of drug-likeness (QED) is 0.636. The summed E-state index contributed by atoms with van der Waals surface area (Å²) in [5, 5.41) is 20.3.